The summed E-state index contributed by atoms with van der Waals surface area (Å²) >= 11 is 0. The van der Waals surface area contributed by atoms with Crippen molar-refractivity contribution >= 4 is 5.91 Å². The first kappa shape index (κ1) is 10.7. The number of likely N-dealkylation sites (N-methyl/N-ethyl adjacent to an activating group) is 1. The molecule has 0 radical (unpaired) electrons. The summed E-state index contributed by atoms with van der Waals surface area (Å²) in [6.45, 7) is 4.27. The Morgan fingerprint density at radius 1 is 1.67 bits per heavy atom. The summed E-state index contributed by atoms with van der Waals surface area (Å²) in [7, 11) is 0. The Balaban J connectivity index is 3.84. The minimum absolute atomic E-state index is 0.0459. The number of unbranched alkanes of at least 4 members (excludes halogenated alkanes) is 1. The Hall–Kier alpha value is -1.30. The van der Waals surface area contributed by atoms with Crippen LogP contribution < -0.4 is 5.32 Å². The zero-order valence-corrected chi connectivity index (χ0v) is 7.55. The van der Waals surface area contributed by atoms with Gasteiger partial charge in [0.1, 0.15) is 0 Å². The molecule has 0 aromatic rings. The third kappa shape index (κ3) is 4.51. The number of amides is 1. The van der Waals surface area contributed by atoms with E-state index in [0.29, 0.717) is 25.0 Å². The highest BCUT2D eigenvalue weighted by Crippen LogP contribution is 1.97. The van der Waals surface area contributed by atoms with Crippen LogP contribution in [0, 0.1) is 11.3 Å². The molecule has 1 amide bonds. The minimum Gasteiger partial charge on any atom is -0.353 e. The topological polar surface area (TPSA) is 52.9 Å². The number of nitriles is 1. The lowest BCUT2D eigenvalue weighted by molar-refractivity contribution is -0.117. The molecule has 0 aromatic carbocycles. The molecule has 0 atom stereocenters. The summed E-state index contributed by atoms with van der Waals surface area (Å²) in [5.74, 6) is -0.0459. The molecule has 0 rings (SSSR count). The number of nitrogens with one attached hydrogen (secondary N) is 1. The smallest absolute Gasteiger partial charge is 0.246 e. The maximum atomic E-state index is 11.1. The van der Waals surface area contributed by atoms with Crippen molar-refractivity contribution in [2.75, 3.05) is 6.54 Å². The minimum atomic E-state index is -0.0459. The van der Waals surface area contributed by atoms with Gasteiger partial charge in [-0.1, -0.05) is 6.08 Å². The van der Waals surface area contributed by atoms with Crippen molar-refractivity contribution in [3.05, 3.63) is 11.6 Å². The predicted octanol–water partition coefficient (Wildman–Crippen LogP) is 1.37. The maximum Gasteiger partial charge on any atom is 0.246 e. The summed E-state index contributed by atoms with van der Waals surface area (Å²) < 4.78 is 0. The van der Waals surface area contributed by atoms with Crippen LogP contribution in [-0.2, 0) is 4.79 Å². The molecule has 0 fully saturated rings. The molecule has 0 aliphatic carbocycles. The van der Waals surface area contributed by atoms with Crippen LogP contribution in [0.15, 0.2) is 11.6 Å². The Bertz CT molecular complexity index is 213. The van der Waals surface area contributed by atoms with Crippen molar-refractivity contribution in [3.63, 3.8) is 0 Å². The van der Waals surface area contributed by atoms with Gasteiger partial charge in [-0.05, 0) is 20.3 Å². The van der Waals surface area contributed by atoms with E-state index in [9.17, 15) is 4.79 Å². The molecule has 0 saturated carbocycles. The van der Waals surface area contributed by atoms with Crippen LogP contribution in [0.3, 0.4) is 0 Å². The van der Waals surface area contributed by atoms with Crippen LogP contribution in [0.5, 0.6) is 0 Å². The summed E-state index contributed by atoms with van der Waals surface area (Å²) in [6.07, 6.45) is 2.91. The molecule has 0 bridgehead atoms. The summed E-state index contributed by atoms with van der Waals surface area (Å²) in [6, 6.07) is 2.02. The fraction of sp³-hybridized carbons (Fsp3) is 0.556. The lowest BCUT2D eigenvalue weighted by Crippen LogP contribution is -2.23. The largest absolute Gasteiger partial charge is 0.353 e. The van der Waals surface area contributed by atoms with Crippen molar-refractivity contribution in [1.29, 1.82) is 5.26 Å². The lowest BCUT2D eigenvalue weighted by Gasteiger charge is -2.00. The Labute approximate surface area is 73.1 Å². The van der Waals surface area contributed by atoms with Crippen LogP contribution >= 0.6 is 0 Å². The Kier molecular flexibility index (Phi) is 5.72. The molecule has 0 saturated heterocycles. The zero-order chi connectivity index (χ0) is 9.40. The van der Waals surface area contributed by atoms with E-state index in [4.69, 9.17) is 5.26 Å². The fourth-order valence-electron chi connectivity index (χ4n) is 0.746. The average Bonchev–Trinajstić information content (AvgIpc) is 2.05. The van der Waals surface area contributed by atoms with E-state index >= 15 is 0 Å². The van der Waals surface area contributed by atoms with Crippen molar-refractivity contribution < 1.29 is 4.79 Å². The first-order chi connectivity index (χ1) is 5.72. The van der Waals surface area contributed by atoms with Crippen molar-refractivity contribution in [1.82, 2.24) is 5.32 Å². The van der Waals surface area contributed by atoms with Crippen molar-refractivity contribution in [2.24, 2.45) is 0 Å². The van der Waals surface area contributed by atoms with E-state index in [1.165, 1.54) is 0 Å². The van der Waals surface area contributed by atoms with Crippen LogP contribution in [-0.4, -0.2) is 12.5 Å². The lowest BCUT2D eigenvalue weighted by atomic mass is 10.2. The average molecular weight is 166 g/mol. The second-order valence-corrected chi connectivity index (χ2v) is 2.44. The van der Waals surface area contributed by atoms with Gasteiger partial charge in [-0.15, -0.1) is 0 Å². The van der Waals surface area contributed by atoms with Gasteiger partial charge in [0, 0.05) is 18.5 Å². The number of rotatable bonds is 4. The second-order valence-electron chi connectivity index (χ2n) is 2.44. The summed E-state index contributed by atoms with van der Waals surface area (Å²) in [4.78, 5) is 11.1. The quantitative estimate of drug-likeness (QED) is 0.506. The van der Waals surface area contributed by atoms with E-state index in [2.05, 4.69) is 5.32 Å². The molecule has 0 spiro atoms. The molecular weight excluding hydrogens is 152 g/mol. The van der Waals surface area contributed by atoms with Gasteiger partial charge in [0.15, 0.2) is 0 Å². The van der Waals surface area contributed by atoms with E-state index < -0.39 is 0 Å². The van der Waals surface area contributed by atoms with Gasteiger partial charge >= 0.3 is 0 Å². The number of hydrogen-bond acceptors (Lipinski definition) is 2. The first-order valence-electron chi connectivity index (χ1n) is 4.04. The molecular formula is C9H14N2O. The van der Waals surface area contributed by atoms with Crippen molar-refractivity contribution in [3.8, 4) is 6.07 Å². The summed E-state index contributed by atoms with van der Waals surface area (Å²) in [5.41, 5.74) is 0.687. The SMILES string of the molecule is CCNC(=O)/C(C)=C/CCC#N. The van der Waals surface area contributed by atoms with Crippen LogP contribution in [0.2, 0.25) is 0 Å². The first-order valence-corrected chi connectivity index (χ1v) is 4.04. The van der Waals surface area contributed by atoms with Crippen LogP contribution in [0.1, 0.15) is 26.7 Å². The van der Waals surface area contributed by atoms with E-state index in [0.717, 1.165) is 0 Å². The highest BCUT2D eigenvalue weighted by atomic mass is 16.1. The van der Waals surface area contributed by atoms with Crippen molar-refractivity contribution in [2.45, 2.75) is 26.7 Å². The standard InChI is InChI=1S/C9H14N2O/c1-3-11-9(12)8(2)6-4-5-7-10/h6H,3-5H2,1-2H3,(H,11,12)/b8-6+. The predicted molar refractivity (Wildman–Crippen MR) is 47.3 cm³/mol. The van der Waals surface area contributed by atoms with E-state index in [-0.39, 0.29) is 5.91 Å². The summed E-state index contributed by atoms with van der Waals surface area (Å²) in [5, 5.41) is 10.9. The highest BCUT2D eigenvalue weighted by Gasteiger charge is 1.99. The number of carbonyl (C=O) groups is 1. The molecule has 12 heavy (non-hydrogen) atoms. The number of hydrogen-bond donors (Lipinski definition) is 1. The molecule has 0 aliphatic rings. The molecule has 1 N–H and O–H groups in total. The zero-order valence-electron chi connectivity index (χ0n) is 7.55. The molecule has 66 valence electrons. The van der Waals surface area contributed by atoms with Gasteiger partial charge in [0.05, 0.1) is 6.07 Å². The third-order valence-electron chi connectivity index (χ3n) is 1.40. The Morgan fingerprint density at radius 2 is 2.33 bits per heavy atom. The molecule has 0 aliphatic heterocycles. The van der Waals surface area contributed by atoms with Gasteiger partial charge in [-0.25, -0.2) is 0 Å². The van der Waals surface area contributed by atoms with Crippen LogP contribution in [0.4, 0.5) is 0 Å². The van der Waals surface area contributed by atoms with E-state index in [1.807, 2.05) is 13.0 Å². The van der Waals surface area contributed by atoms with Gasteiger partial charge in [0.2, 0.25) is 5.91 Å². The molecule has 3 nitrogen and oxygen atoms in total. The number of carbonyl (C=O) groups excluding carboxylic acids is 1. The second kappa shape index (κ2) is 6.41. The molecule has 0 heterocycles. The molecule has 0 aromatic heterocycles. The van der Waals surface area contributed by atoms with Gasteiger partial charge < -0.3 is 5.32 Å². The molecule has 3 heteroatoms. The van der Waals surface area contributed by atoms with Gasteiger partial charge in [-0.2, -0.15) is 5.26 Å². The van der Waals surface area contributed by atoms with E-state index in [1.54, 1.807) is 13.0 Å². The third-order valence-corrected chi connectivity index (χ3v) is 1.40. The Morgan fingerprint density at radius 3 is 2.83 bits per heavy atom. The normalized spacial score (nSPS) is 10.6. The number of nitrogens with zero attached hydrogens (tertiary/aromatic N) is 1. The van der Waals surface area contributed by atoms with Gasteiger partial charge in [-0.3, -0.25) is 4.79 Å². The fourth-order valence-corrected chi connectivity index (χ4v) is 0.746. The van der Waals surface area contributed by atoms with Crippen LogP contribution in [0.25, 0.3) is 0 Å². The number of allylic oxidation sites excluding steroid dienone is 1. The maximum absolute atomic E-state index is 11.1. The molecule has 0 unspecified atom stereocenters. The highest BCUT2D eigenvalue weighted by molar-refractivity contribution is 5.92. The van der Waals surface area contributed by atoms with Gasteiger partial charge in [0.25, 0.3) is 0 Å². The monoisotopic (exact) mass is 166 g/mol.